The van der Waals surface area contributed by atoms with Crippen LogP contribution < -0.4 is 15.5 Å². The highest BCUT2D eigenvalue weighted by molar-refractivity contribution is 5.44. The van der Waals surface area contributed by atoms with Crippen LogP contribution in [0.25, 0.3) is 0 Å². The fraction of sp³-hybridized carbons (Fsp3) is 0.786. The van der Waals surface area contributed by atoms with Gasteiger partial charge in [-0.1, -0.05) is 0 Å². The highest BCUT2D eigenvalue weighted by Gasteiger charge is 2.25. The van der Waals surface area contributed by atoms with E-state index in [4.69, 9.17) is 4.74 Å². The monoisotopic (exact) mass is 292 g/mol. The lowest BCUT2D eigenvalue weighted by atomic mass is 10.2. The van der Waals surface area contributed by atoms with Crippen molar-refractivity contribution in [1.82, 2.24) is 15.0 Å². The third-order valence-electron chi connectivity index (χ3n) is 4.04. The Bertz CT molecular complexity index is 477. The van der Waals surface area contributed by atoms with Crippen LogP contribution in [0.3, 0.4) is 0 Å². The van der Waals surface area contributed by atoms with E-state index in [0.717, 1.165) is 38.6 Å². The SMILES string of the molecule is CCNc1nc(NC2CCOC2C)nc(N2CCCC2)n1. The number of anilines is 3. The van der Waals surface area contributed by atoms with Crippen LogP contribution in [0.2, 0.25) is 0 Å². The van der Waals surface area contributed by atoms with E-state index in [-0.39, 0.29) is 12.1 Å². The third kappa shape index (κ3) is 3.34. The number of aromatic nitrogens is 3. The molecule has 0 spiro atoms. The largest absolute Gasteiger partial charge is 0.376 e. The Labute approximate surface area is 125 Å². The van der Waals surface area contributed by atoms with Crippen molar-refractivity contribution in [2.45, 2.75) is 45.3 Å². The van der Waals surface area contributed by atoms with Crippen molar-refractivity contribution >= 4 is 17.8 Å². The summed E-state index contributed by atoms with van der Waals surface area (Å²) in [6.45, 7) is 7.77. The van der Waals surface area contributed by atoms with Gasteiger partial charge in [0.15, 0.2) is 0 Å². The second kappa shape index (κ2) is 6.43. The van der Waals surface area contributed by atoms with E-state index in [1.807, 2.05) is 6.92 Å². The summed E-state index contributed by atoms with van der Waals surface area (Å²) in [5, 5.41) is 6.59. The average Bonchev–Trinajstić information content (AvgIpc) is 3.12. The summed E-state index contributed by atoms with van der Waals surface area (Å²) in [7, 11) is 0. The van der Waals surface area contributed by atoms with Crippen LogP contribution in [-0.2, 0) is 4.74 Å². The minimum absolute atomic E-state index is 0.194. The van der Waals surface area contributed by atoms with Crippen LogP contribution in [0.15, 0.2) is 0 Å². The third-order valence-corrected chi connectivity index (χ3v) is 4.04. The predicted molar refractivity (Wildman–Crippen MR) is 82.9 cm³/mol. The van der Waals surface area contributed by atoms with Gasteiger partial charge in [0.25, 0.3) is 0 Å². The quantitative estimate of drug-likeness (QED) is 0.851. The number of rotatable bonds is 5. The van der Waals surface area contributed by atoms with E-state index in [1.165, 1.54) is 12.8 Å². The van der Waals surface area contributed by atoms with Crippen molar-refractivity contribution in [3.8, 4) is 0 Å². The van der Waals surface area contributed by atoms with E-state index in [2.05, 4.69) is 37.4 Å². The minimum atomic E-state index is 0.194. The molecule has 0 amide bonds. The molecular weight excluding hydrogens is 268 g/mol. The Kier molecular flexibility index (Phi) is 4.38. The van der Waals surface area contributed by atoms with Gasteiger partial charge < -0.3 is 20.3 Å². The molecule has 1 aromatic rings. The molecule has 0 aliphatic carbocycles. The molecule has 0 bridgehead atoms. The van der Waals surface area contributed by atoms with Crippen LogP contribution >= 0.6 is 0 Å². The van der Waals surface area contributed by atoms with Gasteiger partial charge in [0.1, 0.15) is 0 Å². The number of nitrogens with zero attached hydrogens (tertiary/aromatic N) is 4. The van der Waals surface area contributed by atoms with Gasteiger partial charge in [-0.05, 0) is 33.1 Å². The van der Waals surface area contributed by atoms with Crippen molar-refractivity contribution < 1.29 is 4.74 Å². The van der Waals surface area contributed by atoms with Crippen LogP contribution in [0.5, 0.6) is 0 Å². The van der Waals surface area contributed by atoms with Crippen LogP contribution in [-0.4, -0.2) is 53.3 Å². The van der Waals surface area contributed by atoms with Gasteiger partial charge >= 0.3 is 0 Å². The van der Waals surface area contributed by atoms with Gasteiger partial charge in [0, 0.05) is 26.2 Å². The van der Waals surface area contributed by atoms with Crippen molar-refractivity contribution in [3.05, 3.63) is 0 Å². The summed E-state index contributed by atoms with van der Waals surface area (Å²) in [6.07, 6.45) is 3.60. The molecule has 116 valence electrons. The second-order valence-electron chi connectivity index (χ2n) is 5.62. The predicted octanol–water partition coefficient (Wildman–Crippen LogP) is 1.49. The summed E-state index contributed by atoms with van der Waals surface area (Å²) >= 11 is 0. The fourth-order valence-corrected chi connectivity index (χ4v) is 2.81. The van der Waals surface area contributed by atoms with E-state index in [0.29, 0.717) is 11.9 Å². The molecule has 7 nitrogen and oxygen atoms in total. The summed E-state index contributed by atoms with van der Waals surface area (Å²) in [5.41, 5.74) is 0. The van der Waals surface area contributed by atoms with Crippen LogP contribution in [0.1, 0.15) is 33.1 Å². The molecule has 0 aromatic carbocycles. The zero-order valence-corrected chi connectivity index (χ0v) is 12.8. The first-order valence-electron chi connectivity index (χ1n) is 7.89. The van der Waals surface area contributed by atoms with Gasteiger partial charge in [0.2, 0.25) is 17.8 Å². The average molecular weight is 292 g/mol. The van der Waals surface area contributed by atoms with Crippen LogP contribution in [0, 0.1) is 0 Å². The Morgan fingerprint density at radius 2 is 1.95 bits per heavy atom. The van der Waals surface area contributed by atoms with Crippen molar-refractivity contribution in [2.24, 2.45) is 0 Å². The molecule has 0 saturated carbocycles. The van der Waals surface area contributed by atoms with Gasteiger partial charge in [0.05, 0.1) is 12.1 Å². The molecule has 0 radical (unpaired) electrons. The van der Waals surface area contributed by atoms with Gasteiger partial charge in [-0.2, -0.15) is 15.0 Å². The molecule has 2 unspecified atom stereocenters. The summed E-state index contributed by atoms with van der Waals surface area (Å²) in [6, 6.07) is 0.272. The van der Waals surface area contributed by atoms with Gasteiger partial charge in [-0.25, -0.2) is 0 Å². The van der Waals surface area contributed by atoms with Crippen molar-refractivity contribution in [1.29, 1.82) is 0 Å². The molecule has 3 rings (SSSR count). The van der Waals surface area contributed by atoms with E-state index >= 15 is 0 Å². The first kappa shape index (κ1) is 14.3. The molecular formula is C14H24N6O. The number of hydrogen-bond donors (Lipinski definition) is 2. The zero-order chi connectivity index (χ0) is 14.7. The van der Waals surface area contributed by atoms with Crippen LogP contribution in [0.4, 0.5) is 17.8 Å². The minimum Gasteiger partial charge on any atom is -0.376 e. The molecule has 2 N–H and O–H groups in total. The maximum absolute atomic E-state index is 5.59. The molecule has 2 atom stereocenters. The van der Waals surface area contributed by atoms with Gasteiger partial charge in [-0.3, -0.25) is 0 Å². The lowest BCUT2D eigenvalue weighted by molar-refractivity contribution is 0.121. The first-order chi connectivity index (χ1) is 10.3. The Morgan fingerprint density at radius 1 is 1.19 bits per heavy atom. The second-order valence-corrected chi connectivity index (χ2v) is 5.62. The number of nitrogens with one attached hydrogen (secondary N) is 2. The standard InChI is InChI=1S/C14H24N6O/c1-3-15-12-17-13(16-11-6-9-21-10(11)2)19-14(18-12)20-7-4-5-8-20/h10-11H,3-9H2,1-2H3,(H2,15,16,17,18,19). The number of ether oxygens (including phenoxy) is 1. The Morgan fingerprint density at radius 3 is 2.62 bits per heavy atom. The molecule has 2 fully saturated rings. The van der Waals surface area contributed by atoms with Crippen molar-refractivity contribution in [2.75, 3.05) is 41.8 Å². The highest BCUT2D eigenvalue weighted by atomic mass is 16.5. The lowest BCUT2D eigenvalue weighted by Crippen LogP contribution is -2.29. The fourth-order valence-electron chi connectivity index (χ4n) is 2.81. The smallest absolute Gasteiger partial charge is 0.231 e. The first-order valence-corrected chi connectivity index (χ1v) is 7.89. The highest BCUT2D eigenvalue weighted by Crippen LogP contribution is 2.21. The Hall–Kier alpha value is -1.63. The topological polar surface area (TPSA) is 75.2 Å². The van der Waals surface area contributed by atoms with Crippen molar-refractivity contribution in [3.63, 3.8) is 0 Å². The van der Waals surface area contributed by atoms with E-state index < -0.39 is 0 Å². The van der Waals surface area contributed by atoms with E-state index in [9.17, 15) is 0 Å². The summed E-state index contributed by atoms with van der Waals surface area (Å²) in [5.74, 6) is 2.06. The molecule has 2 saturated heterocycles. The van der Waals surface area contributed by atoms with E-state index in [1.54, 1.807) is 0 Å². The summed E-state index contributed by atoms with van der Waals surface area (Å²) < 4.78 is 5.59. The molecule has 2 aliphatic rings. The maximum atomic E-state index is 5.59. The Balaban J connectivity index is 1.80. The number of hydrogen-bond acceptors (Lipinski definition) is 7. The summed E-state index contributed by atoms with van der Waals surface area (Å²) in [4.78, 5) is 15.8. The maximum Gasteiger partial charge on any atom is 0.231 e. The zero-order valence-electron chi connectivity index (χ0n) is 12.8. The molecule has 3 heterocycles. The molecule has 7 heteroatoms. The molecule has 1 aromatic heterocycles. The molecule has 2 aliphatic heterocycles. The van der Waals surface area contributed by atoms with Gasteiger partial charge in [-0.15, -0.1) is 0 Å². The lowest BCUT2D eigenvalue weighted by Gasteiger charge is -2.19. The molecule has 21 heavy (non-hydrogen) atoms. The normalized spacial score (nSPS) is 25.3.